The molecule has 1 aromatic heterocycles. The number of halogens is 1. The summed E-state index contributed by atoms with van der Waals surface area (Å²) in [6.45, 7) is 4.27. The lowest BCUT2D eigenvalue weighted by atomic mass is 10.2. The average molecular weight is 336 g/mol. The van der Waals surface area contributed by atoms with Crippen molar-refractivity contribution in [1.82, 2.24) is 5.16 Å². The third-order valence-corrected chi connectivity index (χ3v) is 3.95. The van der Waals surface area contributed by atoms with Gasteiger partial charge in [0.05, 0.1) is 0 Å². The monoisotopic (exact) mass is 335 g/mol. The van der Waals surface area contributed by atoms with Gasteiger partial charge in [0.2, 0.25) is 0 Å². The molecule has 1 aromatic carbocycles. The highest BCUT2D eigenvalue weighted by Gasteiger charge is 2.26. The zero-order valence-corrected chi connectivity index (χ0v) is 12.8. The molecule has 1 aliphatic heterocycles. The molecule has 2 heterocycles. The number of nitrogens with one attached hydrogen (secondary N) is 1. The van der Waals surface area contributed by atoms with Crippen LogP contribution < -0.4 is 10.2 Å². The van der Waals surface area contributed by atoms with Crippen LogP contribution in [0.5, 0.6) is 0 Å². The molecule has 0 radical (unpaired) electrons. The summed E-state index contributed by atoms with van der Waals surface area (Å²) in [5.74, 6) is 0.615. The van der Waals surface area contributed by atoms with Gasteiger partial charge in [-0.2, -0.15) is 0 Å². The highest BCUT2D eigenvalue weighted by Crippen LogP contribution is 2.31. The largest absolute Gasteiger partial charge is 0.359 e. The van der Waals surface area contributed by atoms with Crippen molar-refractivity contribution < 1.29 is 9.32 Å². The molecule has 6 heteroatoms. The number of benzene rings is 1. The van der Waals surface area contributed by atoms with Crippen LogP contribution in [0.3, 0.4) is 0 Å². The Morgan fingerprint density at radius 3 is 2.95 bits per heavy atom. The molecule has 0 bridgehead atoms. The van der Waals surface area contributed by atoms with Crippen molar-refractivity contribution >= 4 is 33.3 Å². The first-order chi connectivity index (χ1) is 9.56. The standard InChI is InChI=1S/C14H14BrN3O2/c1-8-13(9(2)20-17-8)16-14(19)18-6-5-10-3-4-11(15)7-12(10)18/h3-4,7H,5-6H2,1-2H3,(H,16,19). The Kier molecular flexibility index (Phi) is 3.25. The van der Waals surface area contributed by atoms with Crippen molar-refractivity contribution in [2.75, 3.05) is 16.8 Å². The van der Waals surface area contributed by atoms with E-state index in [2.05, 4.69) is 26.4 Å². The number of urea groups is 1. The van der Waals surface area contributed by atoms with Crippen LogP contribution >= 0.6 is 15.9 Å². The maximum Gasteiger partial charge on any atom is 0.326 e. The third-order valence-electron chi connectivity index (χ3n) is 3.45. The number of carbonyl (C=O) groups excluding carboxylic acids is 1. The second-order valence-electron chi connectivity index (χ2n) is 4.80. The smallest absolute Gasteiger partial charge is 0.326 e. The van der Waals surface area contributed by atoms with Gasteiger partial charge in [-0.15, -0.1) is 0 Å². The van der Waals surface area contributed by atoms with Crippen molar-refractivity contribution in [1.29, 1.82) is 0 Å². The summed E-state index contributed by atoms with van der Waals surface area (Å²) in [5.41, 5.74) is 3.47. The molecule has 1 aliphatic rings. The van der Waals surface area contributed by atoms with Crippen molar-refractivity contribution in [2.45, 2.75) is 20.3 Å². The normalized spacial score (nSPS) is 13.4. The Hall–Kier alpha value is -1.82. The van der Waals surface area contributed by atoms with E-state index in [1.807, 2.05) is 18.2 Å². The summed E-state index contributed by atoms with van der Waals surface area (Å²) in [4.78, 5) is 14.2. The minimum Gasteiger partial charge on any atom is -0.359 e. The van der Waals surface area contributed by atoms with Gasteiger partial charge in [0.15, 0.2) is 5.76 Å². The molecule has 5 nitrogen and oxygen atoms in total. The summed E-state index contributed by atoms with van der Waals surface area (Å²) < 4.78 is 6.02. The number of hydrogen-bond acceptors (Lipinski definition) is 3. The predicted octanol–water partition coefficient (Wildman–Crippen LogP) is 3.65. The fraction of sp³-hybridized carbons (Fsp3) is 0.286. The average Bonchev–Trinajstić information content (AvgIpc) is 2.96. The van der Waals surface area contributed by atoms with Crippen LogP contribution in [0.1, 0.15) is 17.0 Å². The number of hydrogen-bond donors (Lipinski definition) is 1. The molecular formula is C14H14BrN3O2. The number of fused-ring (bicyclic) bond motifs is 1. The molecule has 2 amide bonds. The van der Waals surface area contributed by atoms with Gasteiger partial charge in [-0.25, -0.2) is 4.79 Å². The van der Waals surface area contributed by atoms with Crippen LogP contribution in [-0.4, -0.2) is 17.7 Å². The molecule has 0 saturated heterocycles. The molecule has 0 fully saturated rings. The molecule has 2 aromatic rings. The highest BCUT2D eigenvalue weighted by atomic mass is 79.9. The van der Waals surface area contributed by atoms with Crippen LogP contribution in [0.2, 0.25) is 0 Å². The lowest BCUT2D eigenvalue weighted by Gasteiger charge is -2.18. The van der Waals surface area contributed by atoms with Crippen molar-refractivity contribution in [3.8, 4) is 0 Å². The Bertz CT molecular complexity index is 662. The van der Waals surface area contributed by atoms with Crippen molar-refractivity contribution in [3.05, 3.63) is 39.7 Å². The molecule has 0 unspecified atom stereocenters. The first kappa shape index (κ1) is 13.2. The van der Waals surface area contributed by atoms with Gasteiger partial charge in [-0.1, -0.05) is 27.2 Å². The maximum absolute atomic E-state index is 12.4. The first-order valence-electron chi connectivity index (χ1n) is 6.36. The number of aryl methyl sites for hydroxylation is 2. The van der Waals surface area contributed by atoms with Gasteiger partial charge in [0.25, 0.3) is 0 Å². The Labute approximate surface area is 125 Å². The van der Waals surface area contributed by atoms with Crippen LogP contribution in [-0.2, 0) is 6.42 Å². The number of rotatable bonds is 1. The number of anilines is 2. The van der Waals surface area contributed by atoms with Gasteiger partial charge in [0.1, 0.15) is 11.4 Å². The Morgan fingerprint density at radius 2 is 2.25 bits per heavy atom. The third kappa shape index (κ3) is 2.20. The quantitative estimate of drug-likeness (QED) is 0.865. The Balaban J connectivity index is 1.85. The molecule has 1 N–H and O–H groups in total. The number of carbonyl (C=O) groups is 1. The molecule has 104 valence electrons. The van der Waals surface area contributed by atoms with E-state index < -0.39 is 0 Å². The maximum atomic E-state index is 12.4. The Morgan fingerprint density at radius 1 is 1.45 bits per heavy atom. The van der Waals surface area contributed by atoms with E-state index in [0.717, 1.165) is 16.6 Å². The molecule has 0 saturated carbocycles. The number of nitrogens with zero attached hydrogens (tertiary/aromatic N) is 2. The van der Waals surface area contributed by atoms with E-state index in [9.17, 15) is 4.79 Å². The molecule has 20 heavy (non-hydrogen) atoms. The molecule has 0 atom stereocenters. The van der Waals surface area contributed by atoms with Crippen LogP contribution in [0.4, 0.5) is 16.2 Å². The molecule has 0 spiro atoms. The van der Waals surface area contributed by atoms with Gasteiger partial charge >= 0.3 is 6.03 Å². The van der Waals surface area contributed by atoms with Gasteiger partial charge < -0.3 is 9.84 Å². The topological polar surface area (TPSA) is 58.4 Å². The van der Waals surface area contributed by atoms with Crippen molar-refractivity contribution in [3.63, 3.8) is 0 Å². The van der Waals surface area contributed by atoms with Crippen LogP contribution in [0, 0.1) is 13.8 Å². The predicted molar refractivity (Wildman–Crippen MR) is 80.2 cm³/mol. The van der Waals surface area contributed by atoms with Gasteiger partial charge in [-0.05, 0) is 38.0 Å². The molecule has 3 rings (SSSR count). The van der Waals surface area contributed by atoms with Gasteiger partial charge in [0, 0.05) is 16.7 Å². The van der Waals surface area contributed by atoms with Gasteiger partial charge in [-0.3, -0.25) is 4.90 Å². The number of amides is 2. The van der Waals surface area contributed by atoms with E-state index >= 15 is 0 Å². The summed E-state index contributed by atoms with van der Waals surface area (Å²) in [6.07, 6.45) is 0.873. The van der Waals surface area contributed by atoms with E-state index in [0.29, 0.717) is 23.7 Å². The van der Waals surface area contributed by atoms with E-state index in [-0.39, 0.29) is 6.03 Å². The SMILES string of the molecule is Cc1noc(C)c1NC(=O)N1CCc2ccc(Br)cc21. The first-order valence-corrected chi connectivity index (χ1v) is 7.15. The van der Waals surface area contributed by atoms with Crippen molar-refractivity contribution in [2.24, 2.45) is 0 Å². The second-order valence-corrected chi connectivity index (χ2v) is 5.72. The fourth-order valence-electron chi connectivity index (χ4n) is 2.40. The number of aromatic nitrogens is 1. The van der Waals surface area contributed by atoms with E-state index in [1.54, 1.807) is 18.7 Å². The summed E-state index contributed by atoms with van der Waals surface area (Å²) in [6, 6.07) is 5.85. The van der Waals surface area contributed by atoms with E-state index in [4.69, 9.17) is 4.52 Å². The molecular weight excluding hydrogens is 322 g/mol. The fourth-order valence-corrected chi connectivity index (χ4v) is 2.75. The summed E-state index contributed by atoms with van der Waals surface area (Å²) in [5, 5.41) is 6.71. The minimum absolute atomic E-state index is 0.156. The van der Waals surface area contributed by atoms with Crippen LogP contribution in [0.15, 0.2) is 27.2 Å². The highest BCUT2D eigenvalue weighted by molar-refractivity contribution is 9.10. The lowest BCUT2D eigenvalue weighted by Crippen LogP contribution is -2.33. The lowest BCUT2D eigenvalue weighted by molar-refractivity contribution is 0.257. The minimum atomic E-state index is -0.156. The summed E-state index contributed by atoms with van der Waals surface area (Å²) in [7, 11) is 0. The zero-order chi connectivity index (χ0) is 14.3. The summed E-state index contributed by atoms with van der Waals surface area (Å²) >= 11 is 3.44. The van der Waals surface area contributed by atoms with Crippen LogP contribution in [0.25, 0.3) is 0 Å². The van der Waals surface area contributed by atoms with E-state index in [1.165, 1.54) is 5.56 Å². The zero-order valence-electron chi connectivity index (χ0n) is 11.2. The molecule has 0 aliphatic carbocycles. The second kappa shape index (κ2) is 4.94.